The summed E-state index contributed by atoms with van der Waals surface area (Å²) in [6.45, 7) is 0. The third kappa shape index (κ3) is 2.77. The predicted octanol–water partition coefficient (Wildman–Crippen LogP) is 5.09. The van der Waals surface area contributed by atoms with E-state index in [1.54, 1.807) is 18.2 Å². The zero-order valence-electron chi connectivity index (χ0n) is 11.6. The van der Waals surface area contributed by atoms with Gasteiger partial charge in [0.25, 0.3) is 0 Å². The number of alkyl halides is 7. The Bertz CT molecular complexity index is 747. The third-order valence-electron chi connectivity index (χ3n) is 3.29. The van der Waals surface area contributed by atoms with Crippen molar-refractivity contribution in [2.75, 3.05) is 7.05 Å². The summed E-state index contributed by atoms with van der Waals surface area (Å²) in [6.07, 6.45) is -6.40. The predicted molar refractivity (Wildman–Crippen MR) is 72.4 cm³/mol. The second-order valence-electron chi connectivity index (χ2n) is 4.78. The Hall–Kier alpha value is -2.12. The molecule has 0 heterocycles. The van der Waals surface area contributed by atoms with Crippen LogP contribution >= 0.6 is 0 Å². The summed E-state index contributed by atoms with van der Waals surface area (Å²) in [6, 6.07) is 9.89. The molecular formula is C15H10F7N. The van der Waals surface area contributed by atoms with E-state index in [1.807, 2.05) is 0 Å². The maximum Gasteiger partial charge on any atom is 0.460 e. The molecule has 8 heteroatoms. The van der Waals surface area contributed by atoms with Gasteiger partial charge in [-0.3, -0.25) is 4.99 Å². The molecule has 0 fully saturated rings. The lowest BCUT2D eigenvalue weighted by Gasteiger charge is -2.29. The zero-order valence-corrected chi connectivity index (χ0v) is 11.6. The van der Waals surface area contributed by atoms with E-state index in [9.17, 15) is 30.7 Å². The highest BCUT2D eigenvalue weighted by molar-refractivity contribution is 6.08. The van der Waals surface area contributed by atoms with E-state index in [-0.39, 0.29) is 0 Å². The number of hydrogen-bond acceptors (Lipinski definition) is 1. The molecule has 0 saturated carbocycles. The smallest absolute Gasteiger partial charge is 0.286 e. The first-order chi connectivity index (χ1) is 10.5. The summed E-state index contributed by atoms with van der Waals surface area (Å²) in [7, 11) is 0.741. The minimum atomic E-state index is -6.40. The van der Waals surface area contributed by atoms with Crippen molar-refractivity contribution in [1.82, 2.24) is 0 Å². The molecule has 2 rings (SSSR count). The summed E-state index contributed by atoms with van der Waals surface area (Å²) >= 11 is 0. The van der Waals surface area contributed by atoms with Gasteiger partial charge in [-0.2, -0.15) is 30.7 Å². The summed E-state index contributed by atoms with van der Waals surface area (Å²) < 4.78 is 91.0. The van der Waals surface area contributed by atoms with Crippen molar-refractivity contribution in [3.63, 3.8) is 0 Å². The number of aliphatic imine (C=N–C) groups is 1. The Labute approximate surface area is 126 Å². The number of halogens is 7. The minimum Gasteiger partial charge on any atom is -0.286 e. The molecule has 0 radical (unpaired) electrons. The molecule has 0 amide bonds. The van der Waals surface area contributed by atoms with Crippen molar-refractivity contribution in [2.45, 2.75) is 18.0 Å². The van der Waals surface area contributed by atoms with Crippen LogP contribution in [0.1, 0.15) is 5.56 Å². The van der Waals surface area contributed by atoms with Gasteiger partial charge in [-0.05, 0) is 16.8 Å². The van der Waals surface area contributed by atoms with Gasteiger partial charge in [0, 0.05) is 12.6 Å². The van der Waals surface area contributed by atoms with Crippen molar-refractivity contribution < 1.29 is 30.7 Å². The normalized spacial score (nSPS) is 14.3. The van der Waals surface area contributed by atoms with Gasteiger partial charge < -0.3 is 0 Å². The molecule has 23 heavy (non-hydrogen) atoms. The fourth-order valence-electron chi connectivity index (χ4n) is 2.11. The quantitative estimate of drug-likeness (QED) is 0.546. The topological polar surface area (TPSA) is 12.4 Å². The van der Waals surface area contributed by atoms with Gasteiger partial charge in [0.2, 0.25) is 0 Å². The average molecular weight is 337 g/mol. The van der Waals surface area contributed by atoms with E-state index >= 15 is 0 Å². The Morgan fingerprint density at radius 2 is 1.39 bits per heavy atom. The highest BCUT2D eigenvalue weighted by Crippen LogP contribution is 2.48. The molecular weight excluding hydrogens is 327 g/mol. The van der Waals surface area contributed by atoms with Crippen LogP contribution in [0.2, 0.25) is 0 Å². The lowest BCUT2D eigenvalue weighted by Crippen LogP contribution is -2.56. The molecule has 0 aliphatic carbocycles. The maximum absolute atomic E-state index is 13.8. The first kappa shape index (κ1) is 17.2. The summed E-state index contributed by atoms with van der Waals surface area (Å²) in [5.41, 5.74) is -2.12. The van der Waals surface area contributed by atoms with Gasteiger partial charge >= 0.3 is 18.0 Å². The molecule has 0 spiro atoms. The van der Waals surface area contributed by atoms with E-state index in [2.05, 4.69) is 4.99 Å². The Balaban J connectivity index is 2.57. The number of nitrogens with zero attached hydrogens (tertiary/aromatic N) is 1. The Kier molecular flexibility index (Phi) is 4.13. The van der Waals surface area contributed by atoms with Crippen LogP contribution in [0.5, 0.6) is 0 Å². The summed E-state index contributed by atoms with van der Waals surface area (Å²) in [5, 5.41) is 1.04. The monoisotopic (exact) mass is 337 g/mol. The maximum atomic E-state index is 13.8. The molecule has 1 nitrogen and oxygen atoms in total. The molecule has 124 valence electrons. The van der Waals surface area contributed by atoms with Crippen LogP contribution in [0, 0.1) is 0 Å². The van der Waals surface area contributed by atoms with Gasteiger partial charge in [0.15, 0.2) is 0 Å². The molecule has 0 bridgehead atoms. The van der Waals surface area contributed by atoms with Crippen LogP contribution in [0.15, 0.2) is 47.5 Å². The van der Waals surface area contributed by atoms with Crippen LogP contribution in [-0.2, 0) is 0 Å². The average Bonchev–Trinajstić information content (AvgIpc) is 2.46. The summed E-state index contributed by atoms with van der Waals surface area (Å²) in [4.78, 5) is 3.00. The molecule has 0 saturated heterocycles. The van der Waals surface area contributed by atoms with E-state index in [0.29, 0.717) is 10.8 Å². The minimum absolute atomic E-state index is 0.414. The lowest BCUT2D eigenvalue weighted by atomic mass is 9.96. The molecule has 0 aliphatic rings. The van der Waals surface area contributed by atoms with Crippen LogP contribution < -0.4 is 0 Å². The van der Waals surface area contributed by atoms with Crippen LogP contribution in [0.4, 0.5) is 30.7 Å². The van der Waals surface area contributed by atoms with Crippen molar-refractivity contribution in [3.05, 3.63) is 48.0 Å². The van der Waals surface area contributed by atoms with Crippen molar-refractivity contribution in [3.8, 4) is 0 Å². The second kappa shape index (κ2) is 5.50. The van der Waals surface area contributed by atoms with Crippen molar-refractivity contribution in [1.29, 1.82) is 0 Å². The number of hydrogen-bond donors (Lipinski definition) is 0. The van der Waals surface area contributed by atoms with Gasteiger partial charge in [-0.15, -0.1) is 0 Å². The van der Waals surface area contributed by atoms with E-state index in [1.165, 1.54) is 12.1 Å². The SMILES string of the molecule is C/N=C(/c1ccc2ccccc2c1)C(F)(F)C(F)(F)C(F)(F)F. The highest BCUT2D eigenvalue weighted by atomic mass is 19.4. The van der Waals surface area contributed by atoms with Crippen molar-refractivity contribution in [2.24, 2.45) is 4.99 Å². The van der Waals surface area contributed by atoms with Crippen LogP contribution in [-0.4, -0.2) is 30.8 Å². The fourth-order valence-corrected chi connectivity index (χ4v) is 2.11. The number of fused-ring (bicyclic) bond motifs is 1. The largest absolute Gasteiger partial charge is 0.460 e. The first-order valence-corrected chi connectivity index (χ1v) is 6.31. The van der Waals surface area contributed by atoms with E-state index < -0.39 is 29.3 Å². The van der Waals surface area contributed by atoms with Gasteiger partial charge in [-0.1, -0.05) is 36.4 Å². The molecule has 0 aliphatic heterocycles. The van der Waals surface area contributed by atoms with Crippen molar-refractivity contribution >= 4 is 16.5 Å². The van der Waals surface area contributed by atoms with Gasteiger partial charge in [-0.25, -0.2) is 0 Å². The third-order valence-corrected chi connectivity index (χ3v) is 3.29. The molecule has 0 N–H and O–H groups in total. The number of benzene rings is 2. The molecule has 2 aromatic carbocycles. The van der Waals surface area contributed by atoms with Gasteiger partial charge in [0.05, 0.1) is 0 Å². The van der Waals surface area contributed by atoms with E-state index in [4.69, 9.17) is 0 Å². The molecule has 0 unspecified atom stereocenters. The fraction of sp³-hybridized carbons (Fsp3) is 0.267. The summed E-state index contributed by atoms with van der Waals surface area (Å²) in [5.74, 6) is -11.7. The Morgan fingerprint density at radius 3 is 1.91 bits per heavy atom. The molecule has 0 atom stereocenters. The standard InChI is InChI=1S/C15H10F7N/c1-23-12(13(16,17)14(18,19)15(20,21)22)11-7-6-9-4-2-3-5-10(9)8-11/h2-8H,1H3/b23-12-. The number of rotatable bonds is 3. The molecule has 0 aromatic heterocycles. The van der Waals surface area contributed by atoms with Crippen LogP contribution in [0.25, 0.3) is 10.8 Å². The lowest BCUT2D eigenvalue weighted by molar-refractivity contribution is -0.336. The first-order valence-electron chi connectivity index (χ1n) is 6.31. The van der Waals surface area contributed by atoms with E-state index in [0.717, 1.165) is 19.2 Å². The highest BCUT2D eigenvalue weighted by Gasteiger charge is 2.74. The molecule has 2 aromatic rings. The second-order valence-corrected chi connectivity index (χ2v) is 4.78. The zero-order chi connectivity index (χ0) is 17.5. The van der Waals surface area contributed by atoms with Gasteiger partial charge in [0.1, 0.15) is 5.71 Å². The Morgan fingerprint density at radius 1 is 0.826 bits per heavy atom. The van der Waals surface area contributed by atoms with Crippen LogP contribution in [0.3, 0.4) is 0 Å².